The van der Waals surface area contributed by atoms with Gasteiger partial charge in [0.2, 0.25) is 0 Å². The highest BCUT2D eigenvalue weighted by atomic mass is 32.1. The molecule has 2 aromatic heterocycles. The maximum atomic E-state index is 5.14. The molecular weight excluding hydrogens is 591 g/mol. The highest BCUT2D eigenvalue weighted by Crippen LogP contribution is 2.40. The van der Waals surface area contributed by atoms with Gasteiger partial charge in [-0.25, -0.2) is 15.0 Å². The van der Waals surface area contributed by atoms with Crippen molar-refractivity contribution in [3.05, 3.63) is 164 Å². The van der Waals surface area contributed by atoms with Gasteiger partial charge >= 0.3 is 0 Å². The minimum Gasteiger partial charge on any atom is -0.208 e. The fourth-order valence-corrected chi connectivity index (χ4v) is 7.57. The predicted octanol–water partition coefficient (Wildman–Crippen LogP) is 11.7. The molecule has 0 unspecified atom stereocenters. The molecule has 2 heterocycles. The summed E-state index contributed by atoms with van der Waals surface area (Å²) in [5, 5.41) is 4.87. The normalized spacial score (nSPS) is 11.4. The topological polar surface area (TPSA) is 38.7 Å². The van der Waals surface area contributed by atoms with E-state index in [0.717, 1.165) is 27.8 Å². The molecule has 0 aliphatic carbocycles. The first-order valence-corrected chi connectivity index (χ1v) is 16.5. The number of fused-ring (bicyclic) bond motifs is 4. The van der Waals surface area contributed by atoms with E-state index in [0.29, 0.717) is 17.5 Å². The molecule has 47 heavy (non-hydrogen) atoms. The molecule has 0 spiro atoms. The van der Waals surface area contributed by atoms with Crippen LogP contribution in [0, 0.1) is 0 Å². The van der Waals surface area contributed by atoms with Crippen LogP contribution in [-0.2, 0) is 0 Å². The molecule has 0 aliphatic rings. The third kappa shape index (κ3) is 4.96. The van der Waals surface area contributed by atoms with Gasteiger partial charge in [0.25, 0.3) is 0 Å². The standard InChI is InChI=1S/C43H27N3S/c1-2-10-28(11-3-1)29-20-24-32(25-21-29)41-44-42(33-26-22-31(23-27-33)35-16-8-13-30-12-4-5-14-34(30)35)46-43(45-41)37-17-9-19-39-40(37)36-15-6-7-18-38(36)47-39/h1-27H. The van der Waals surface area contributed by atoms with Gasteiger partial charge in [0.15, 0.2) is 17.5 Å². The third-order valence-electron chi connectivity index (χ3n) is 8.77. The zero-order valence-electron chi connectivity index (χ0n) is 25.3. The van der Waals surface area contributed by atoms with Crippen molar-refractivity contribution < 1.29 is 0 Å². The minimum absolute atomic E-state index is 0.651. The zero-order valence-corrected chi connectivity index (χ0v) is 26.2. The van der Waals surface area contributed by atoms with Crippen LogP contribution in [-0.4, -0.2) is 15.0 Å². The van der Waals surface area contributed by atoms with Crippen molar-refractivity contribution in [2.75, 3.05) is 0 Å². The van der Waals surface area contributed by atoms with E-state index in [1.165, 1.54) is 42.1 Å². The number of thiophene rings is 1. The molecule has 9 rings (SSSR count). The lowest BCUT2D eigenvalue weighted by Gasteiger charge is -2.11. The average Bonchev–Trinajstić information content (AvgIpc) is 3.54. The molecule has 0 saturated carbocycles. The Kier molecular flexibility index (Phi) is 6.65. The summed E-state index contributed by atoms with van der Waals surface area (Å²) in [7, 11) is 0. The second kappa shape index (κ2) is 11.4. The van der Waals surface area contributed by atoms with Crippen LogP contribution in [0.15, 0.2) is 164 Å². The number of aromatic nitrogens is 3. The van der Waals surface area contributed by atoms with Crippen molar-refractivity contribution in [1.82, 2.24) is 15.0 Å². The van der Waals surface area contributed by atoms with E-state index in [1.54, 1.807) is 11.3 Å². The lowest BCUT2D eigenvalue weighted by atomic mass is 9.97. The van der Waals surface area contributed by atoms with Gasteiger partial charge in [-0.3, -0.25) is 0 Å². The Bertz CT molecular complexity index is 2550. The fourth-order valence-electron chi connectivity index (χ4n) is 6.43. The Morgan fingerprint density at radius 3 is 1.60 bits per heavy atom. The van der Waals surface area contributed by atoms with Gasteiger partial charge in [-0.15, -0.1) is 11.3 Å². The van der Waals surface area contributed by atoms with Crippen molar-refractivity contribution in [2.24, 2.45) is 0 Å². The van der Waals surface area contributed by atoms with E-state index < -0.39 is 0 Å². The van der Waals surface area contributed by atoms with Crippen LogP contribution in [0.25, 0.3) is 87.4 Å². The number of benzene rings is 7. The minimum atomic E-state index is 0.651. The van der Waals surface area contributed by atoms with Gasteiger partial charge in [-0.1, -0.05) is 152 Å². The van der Waals surface area contributed by atoms with Gasteiger partial charge in [-0.05, 0) is 45.2 Å². The molecule has 0 amide bonds. The molecule has 0 saturated heterocycles. The maximum absolute atomic E-state index is 5.14. The molecule has 9 aromatic rings. The Labute approximate surface area is 276 Å². The lowest BCUT2D eigenvalue weighted by Crippen LogP contribution is -2.00. The largest absolute Gasteiger partial charge is 0.208 e. The van der Waals surface area contributed by atoms with Crippen LogP contribution in [0.4, 0.5) is 0 Å². The summed E-state index contributed by atoms with van der Waals surface area (Å²) in [5.74, 6) is 1.97. The summed E-state index contributed by atoms with van der Waals surface area (Å²) < 4.78 is 2.48. The Hall–Kier alpha value is -5.97. The van der Waals surface area contributed by atoms with Crippen molar-refractivity contribution in [3.63, 3.8) is 0 Å². The smallest absolute Gasteiger partial charge is 0.164 e. The first kappa shape index (κ1) is 27.3. The summed E-state index contributed by atoms with van der Waals surface area (Å²) in [4.78, 5) is 15.3. The number of hydrogen-bond acceptors (Lipinski definition) is 4. The Morgan fingerprint density at radius 2 is 0.830 bits per heavy atom. The summed E-state index contributed by atoms with van der Waals surface area (Å²) in [5.41, 5.74) is 7.61. The van der Waals surface area contributed by atoms with Crippen LogP contribution >= 0.6 is 11.3 Å². The van der Waals surface area contributed by atoms with E-state index in [9.17, 15) is 0 Å². The molecule has 0 N–H and O–H groups in total. The molecule has 0 radical (unpaired) electrons. The van der Waals surface area contributed by atoms with Gasteiger partial charge in [-0.2, -0.15) is 0 Å². The molecule has 0 bridgehead atoms. The number of nitrogens with zero attached hydrogens (tertiary/aromatic N) is 3. The Morgan fingerprint density at radius 1 is 0.319 bits per heavy atom. The fraction of sp³-hybridized carbons (Fsp3) is 0. The molecule has 0 aliphatic heterocycles. The van der Waals surface area contributed by atoms with E-state index in [2.05, 4.69) is 158 Å². The van der Waals surface area contributed by atoms with Gasteiger partial charge in [0.1, 0.15) is 0 Å². The first-order chi connectivity index (χ1) is 23.3. The summed E-state index contributed by atoms with van der Waals surface area (Å²) in [6.07, 6.45) is 0. The van der Waals surface area contributed by atoms with Crippen LogP contribution in [0.3, 0.4) is 0 Å². The molecule has 4 heteroatoms. The summed E-state index contributed by atoms with van der Waals surface area (Å²) in [6, 6.07) is 57.4. The molecule has 3 nitrogen and oxygen atoms in total. The van der Waals surface area contributed by atoms with Crippen LogP contribution in [0.2, 0.25) is 0 Å². The van der Waals surface area contributed by atoms with E-state index in [4.69, 9.17) is 15.0 Å². The van der Waals surface area contributed by atoms with E-state index in [1.807, 2.05) is 6.07 Å². The SMILES string of the molecule is c1ccc(-c2ccc(-c3nc(-c4ccc(-c5cccc6ccccc56)cc4)nc(-c4cccc5sc6ccccc6c45)n3)cc2)cc1. The molecular formula is C43H27N3S. The van der Waals surface area contributed by atoms with Crippen LogP contribution in [0.1, 0.15) is 0 Å². The zero-order chi connectivity index (χ0) is 31.2. The van der Waals surface area contributed by atoms with Crippen LogP contribution < -0.4 is 0 Å². The quantitative estimate of drug-likeness (QED) is 0.193. The average molecular weight is 618 g/mol. The van der Waals surface area contributed by atoms with E-state index in [-0.39, 0.29) is 0 Å². The molecule has 0 atom stereocenters. The Balaban J connectivity index is 1.20. The van der Waals surface area contributed by atoms with Gasteiger partial charge in [0, 0.05) is 36.9 Å². The van der Waals surface area contributed by atoms with Gasteiger partial charge in [0.05, 0.1) is 0 Å². The molecule has 220 valence electrons. The van der Waals surface area contributed by atoms with Crippen LogP contribution in [0.5, 0.6) is 0 Å². The third-order valence-corrected chi connectivity index (χ3v) is 9.91. The van der Waals surface area contributed by atoms with E-state index >= 15 is 0 Å². The summed E-state index contributed by atoms with van der Waals surface area (Å²) in [6.45, 7) is 0. The second-order valence-corrected chi connectivity index (χ2v) is 12.7. The molecule has 7 aromatic carbocycles. The maximum Gasteiger partial charge on any atom is 0.164 e. The molecule has 0 fully saturated rings. The highest BCUT2D eigenvalue weighted by molar-refractivity contribution is 7.25. The van der Waals surface area contributed by atoms with Crippen molar-refractivity contribution in [2.45, 2.75) is 0 Å². The second-order valence-electron chi connectivity index (χ2n) is 11.6. The van der Waals surface area contributed by atoms with Crippen molar-refractivity contribution in [1.29, 1.82) is 0 Å². The van der Waals surface area contributed by atoms with Gasteiger partial charge < -0.3 is 0 Å². The van der Waals surface area contributed by atoms with Crippen molar-refractivity contribution >= 4 is 42.3 Å². The summed E-state index contributed by atoms with van der Waals surface area (Å²) >= 11 is 1.80. The predicted molar refractivity (Wildman–Crippen MR) is 197 cm³/mol. The first-order valence-electron chi connectivity index (χ1n) is 15.7. The monoisotopic (exact) mass is 617 g/mol. The number of hydrogen-bond donors (Lipinski definition) is 0. The number of rotatable bonds is 5. The van der Waals surface area contributed by atoms with Crippen molar-refractivity contribution in [3.8, 4) is 56.4 Å². The lowest BCUT2D eigenvalue weighted by molar-refractivity contribution is 1.08. The highest BCUT2D eigenvalue weighted by Gasteiger charge is 2.17.